The van der Waals surface area contributed by atoms with Gasteiger partial charge in [-0.2, -0.15) is 0 Å². The molecule has 0 bridgehead atoms. The molecule has 1 amide bonds. The first-order valence-corrected chi connectivity index (χ1v) is 6.06. The number of piperazine rings is 1. The SMILES string of the molecule is COc1c(Cl)cccc1N1CCN(C(=O)O)CC1. The first-order valence-electron chi connectivity index (χ1n) is 5.69. The Labute approximate surface area is 111 Å². The van der Waals surface area contributed by atoms with Gasteiger partial charge >= 0.3 is 6.09 Å². The number of hydrogen-bond donors (Lipinski definition) is 1. The third-order valence-corrected chi connectivity index (χ3v) is 3.34. The van der Waals surface area contributed by atoms with Crippen LogP contribution in [0.1, 0.15) is 0 Å². The van der Waals surface area contributed by atoms with E-state index in [-0.39, 0.29) is 0 Å². The monoisotopic (exact) mass is 270 g/mol. The fourth-order valence-corrected chi connectivity index (χ4v) is 2.33. The lowest BCUT2D eigenvalue weighted by Gasteiger charge is -2.35. The standard InChI is InChI=1S/C12H15ClN2O3/c1-18-11-9(13)3-2-4-10(11)14-5-7-15(8-6-14)12(16)17/h2-4H,5-8H2,1H3,(H,16,17). The van der Waals surface area contributed by atoms with E-state index in [0.717, 1.165) is 5.69 Å². The molecule has 1 aliphatic rings. The van der Waals surface area contributed by atoms with Gasteiger partial charge in [0.2, 0.25) is 0 Å². The summed E-state index contributed by atoms with van der Waals surface area (Å²) in [6.07, 6.45) is -0.868. The van der Waals surface area contributed by atoms with E-state index in [4.69, 9.17) is 21.4 Å². The highest BCUT2D eigenvalue weighted by Crippen LogP contribution is 2.35. The smallest absolute Gasteiger partial charge is 0.407 e. The van der Waals surface area contributed by atoms with Gasteiger partial charge in [0.15, 0.2) is 5.75 Å². The van der Waals surface area contributed by atoms with Crippen LogP contribution in [0.15, 0.2) is 18.2 Å². The van der Waals surface area contributed by atoms with E-state index in [1.165, 1.54) is 4.90 Å². The van der Waals surface area contributed by atoms with Crippen molar-refractivity contribution in [2.45, 2.75) is 0 Å². The van der Waals surface area contributed by atoms with Crippen molar-refractivity contribution < 1.29 is 14.6 Å². The summed E-state index contributed by atoms with van der Waals surface area (Å²) >= 11 is 6.07. The van der Waals surface area contributed by atoms with Crippen LogP contribution in [-0.2, 0) is 0 Å². The summed E-state index contributed by atoms with van der Waals surface area (Å²) in [4.78, 5) is 14.3. The summed E-state index contributed by atoms with van der Waals surface area (Å²) in [5.41, 5.74) is 0.912. The van der Waals surface area contributed by atoms with E-state index in [2.05, 4.69) is 4.90 Å². The van der Waals surface area contributed by atoms with Gasteiger partial charge in [0.25, 0.3) is 0 Å². The number of anilines is 1. The van der Waals surface area contributed by atoms with E-state index in [0.29, 0.717) is 37.0 Å². The van der Waals surface area contributed by atoms with Crippen molar-refractivity contribution >= 4 is 23.4 Å². The zero-order valence-corrected chi connectivity index (χ0v) is 10.9. The van der Waals surface area contributed by atoms with E-state index >= 15 is 0 Å². The summed E-state index contributed by atoms with van der Waals surface area (Å²) in [6.45, 7) is 2.27. The lowest BCUT2D eigenvalue weighted by Crippen LogP contribution is -2.48. The van der Waals surface area contributed by atoms with Crippen molar-refractivity contribution in [3.05, 3.63) is 23.2 Å². The Balaban J connectivity index is 2.14. The van der Waals surface area contributed by atoms with E-state index < -0.39 is 6.09 Å². The lowest BCUT2D eigenvalue weighted by molar-refractivity contribution is 0.142. The molecule has 0 aromatic heterocycles. The van der Waals surface area contributed by atoms with Gasteiger partial charge in [-0.1, -0.05) is 17.7 Å². The molecule has 0 atom stereocenters. The molecule has 2 rings (SSSR count). The van der Waals surface area contributed by atoms with Crippen LogP contribution in [-0.4, -0.2) is 49.4 Å². The molecule has 1 saturated heterocycles. The van der Waals surface area contributed by atoms with Crippen LogP contribution in [0.25, 0.3) is 0 Å². The number of benzene rings is 1. The number of ether oxygens (including phenoxy) is 1. The molecular weight excluding hydrogens is 256 g/mol. The second-order valence-electron chi connectivity index (χ2n) is 4.05. The molecule has 1 heterocycles. The predicted octanol–water partition coefficient (Wildman–Crippen LogP) is 2.15. The second-order valence-corrected chi connectivity index (χ2v) is 4.46. The zero-order valence-electron chi connectivity index (χ0n) is 10.1. The molecule has 5 nitrogen and oxygen atoms in total. The Morgan fingerprint density at radius 2 is 2.00 bits per heavy atom. The van der Waals surface area contributed by atoms with Gasteiger partial charge in [-0.05, 0) is 12.1 Å². The Kier molecular flexibility index (Phi) is 3.81. The molecule has 1 fully saturated rings. The van der Waals surface area contributed by atoms with Gasteiger partial charge in [-0.15, -0.1) is 0 Å². The van der Waals surface area contributed by atoms with Crippen LogP contribution in [0.5, 0.6) is 5.75 Å². The van der Waals surface area contributed by atoms with Gasteiger partial charge in [0, 0.05) is 26.2 Å². The van der Waals surface area contributed by atoms with Crippen molar-refractivity contribution in [2.75, 3.05) is 38.2 Å². The maximum Gasteiger partial charge on any atom is 0.407 e. The minimum Gasteiger partial charge on any atom is -0.493 e. The molecule has 1 N–H and O–H groups in total. The third-order valence-electron chi connectivity index (χ3n) is 3.04. The Morgan fingerprint density at radius 3 is 2.56 bits per heavy atom. The largest absolute Gasteiger partial charge is 0.493 e. The average Bonchev–Trinajstić information content (AvgIpc) is 2.38. The average molecular weight is 271 g/mol. The number of carboxylic acid groups (broad SMARTS) is 1. The van der Waals surface area contributed by atoms with Crippen LogP contribution in [0.4, 0.5) is 10.5 Å². The maximum atomic E-state index is 10.8. The summed E-state index contributed by atoms with van der Waals surface area (Å²) in [5, 5.41) is 9.47. The van der Waals surface area contributed by atoms with Crippen molar-refractivity contribution in [1.29, 1.82) is 0 Å². The molecule has 98 valence electrons. The summed E-state index contributed by atoms with van der Waals surface area (Å²) in [5.74, 6) is 0.642. The van der Waals surface area contributed by atoms with Crippen LogP contribution in [0, 0.1) is 0 Å². The number of nitrogens with zero attached hydrogens (tertiary/aromatic N) is 2. The zero-order chi connectivity index (χ0) is 13.1. The van der Waals surface area contributed by atoms with E-state index in [9.17, 15) is 4.79 Å². The van der Waals surface area contributed by atoms with Crippen LogP contribution < -0.4 is 9.64 Å². The third kappa shape index (κ3) is 2.46. The normalized spacial score (nSPS) is 15.7. The first-order chi connectivity index (χ1) is 8.63. The summed E-state index contributed by atoms with van der Waals surface area (Å²) < 4.78 is 5.30. The highest BCUT2D eigenvalue weighted by Gasteiger charge is 2.22. The fraction of sp³-hybridized carbons (Fsp3) is 0.417. The highest BCUT2D eigenvalue weighted by atomic mass is 35.5. The molecule has 6 heteroatoms. The topological polar surface area (TPSA) is 53.0 Å². The minimum atomic E-state index is -0.868. The van der Waals surface area contributed by atoms with Crippen LogP contribution in [0.3, 0.4) is 0 Å². The van der Waals surface area contributed by atoms with Crippen LogP contribution in [0.2, 0.25) is 5.02 Å². The molecule has 0 unspecified atom stereocenters. The number of rotatable bonds is 2. The molecule has 0 spiro atoms. The Morgan fingerprint density at radius 1 is 1.33 bits per heavy atom. The number of carbonyl (C=O) groups is 1. The van der Waals surface area contributed by atoms with Gasteiger partial charge < -0.3 is 19.6 Å². The van der Waals surface area contributed by atoms with E-state index in [1.54, 1.807) is 13.2 Å². The number of methoxy groups -OCH3 is 1. The predicted molar refractivity (Wildman–Crippen MR) is 69.8 cm³/mol. The van der Waals surface area contributed by atoms with Crippen molar-refractivity contribution in [3.8, 4) is 5.75 Å². The number of halogens is 1. The first kappa shape index (κ1) is 12.8. The van der Waals surface area contributed by atoms with Crippen molar-refractivity contribution in [2.24, 2.45) is 0 Å². The number of para-hydroxylation sites is 1. The second kappa shape index (κ2) is 5.35. The van der Waals surface area contributed by atoms with Gasteiger partial charge in [0.1, 0.15) is 0 Å². The summed E-state index contributed by atoms with van der Waals surface area (Å²) in [7, 11) is 1.58. The summed E-state index contributed by atoms with van der Waals surface area (Å²) in [6, 6.07) is 5.57. The van der Waals surface area contributed by atoms with Gasteiger partial charge in [-0.3, -0.25) is 0 Å². The molecule has 18 heavy (non-hydrogen) atoms. The fourth-order valence-electron chi connectivity index (χ4n) is 2.09. The number of amides is 1. The highest BCUT2D eigenvalue weighted by molar-refractivity contribution is 6.32. The van der Waals surface area contributed by atoms with Gasteiger partial charge in [-0.25, -0.2) is 4.79 Å². The van der Waals surface area contributed by atoms with Crippen molar-refractivity contribution in [1.82, 2.24) is 4.90 Å². The molecule has 1 aromatic rings. The quantitative estimate of drug-likeness (QED) is 0.895. The van der Waals surface area contributed by atoms with Crippen molar-refractivity contribution in [3.63, 3.8) is 0 Å². The molecule has 1 aliphatic heterocycles. The maximum absolute atomic E-state index is 10.8. The Hall–Kier alpha value is -1.62. The lowest BCUT2D eigenvalue weighted by atomic mass is 10.2. The Bertz CT molecular complexity index is 445. The van der Waals surface area contributed by atoms with E-state index in [1.807, 2.05) is 12.1 Å². The number of hydrogen-bond acceptors (Lipinski definition) is 3. The molecule has 1 aromatic carbocycles. The van der Waals surface area contributed by atoms with Gasteiger partial charge in [0.05, 0.1) is 17.8 Å². The minimum absolute atomic E-state index is 0.491. The molecular formula is C12H15ClN2O3. The molecule has 0 radical (unpaired) electrons. The molecule has 0 saturated carbocycles. The molecule has 0 aliphatic carbocycles. The van der Waals surface area contributed by atoms with Crippen LogP contribution >= 0.6 is 11.6 Å².